The molecule has 12 heavy (non-hydrogen) atoms. The SMILES string of the molecule is C/C=C\C(=C/CC(C)(C)C)NN. The number of rotatable bonds is 3. The highest BCUT2D eigenvalue weighted by Gasteiger charge is 2.07. The maximum absolute atomic E-state index is 5.32. The molecule has 0 fully saturated rings. The standard InChI is InChI=1S/C10H20N2/c1-5-6-9(12-11)7-8-10(2,3)4/h5-7,12H,8,11H2,1-4H3/b6-5-,9-7+. The smallest absolute Gasteiger partial charge is 0.0442 e. The molecular weight excluding hydrogens is 148 g/mol. The van der Waals surface area contributed by atoms with Gasteiger partial charge in [0.2, 0.25) is 0 Å². The first-order valence-electron chi connectivity index (χ1n) is 4.29. The molecule has 0 bridgehead atoms. The van der Waals surface area contributed by atoms with Crippen molar-refractivity contribution in [3.05, 3.63) is 23.9 Å². The van der Waals surface area contributed by atoms with E-state index in [1.807, 2.05) is 19.1 Å². The Balaban J connectivity index is 4.12. The van der Waals surface area contributed by atoms with Crippen molar-refractivity contribution >= 4 is 0 Å². The van der Waals surface area contributed by atoms with Crippen molar-refractivity contribution in [2.75, 3.05) is 0 Å². The number of hydrogen-bond donors (Lipinski definition) is 2. The third kappa shape index (κ3) is 5.98. The highest BCUT2D eigenvalue weighted by atomic mass is 15.2. The highest BCUT2D eigenvalue weighted by molar-refractivity contribution is 5.15. The van der Waals surface area contributed by atoms with E-state index in [0.29, 0.717) is 5.41 Å². The van der Waals surface area contributed by atoms with Crippen LogP contribution in [0.1, 0.15) is 34.1 Å². The van der Waals surface area contributed by atoms with Crippen LogP contribution in [-0.4, -0.2) is 0 Å². The van der Waals surface area contributed by atoms with E-state index in [1.165, 1.54) is 0 Å². The Morgan fingerprint density at radius 2 is 2.00 bits per heavy atom. The molecule has 0 saturated carbocycles. The molecule has 3 N–H and O–H groups in total. The molecule has 0 rings (SSSR count). The lowest BCUT2D eigenvalue weighted by atomic mass is 9.92. The van der Waals surface area contributed by atoms with Gasteiger partial charge >= 0.3 is 0 Å². The highest BCUT2D eigenvalue weighted by Crippen LogP contribution is 2.19. The quantitative estimate of drug-likeness (QED) is 0.385. The Hall–Kier alpha value is -0.760. The fourth-order valence-corrected chi connectivity index (χ4v) is 0.771. The Labute approximate surface area is 75.5 Å². The average Bonchev–Trinajstić information content (AvgIpc) is 1.96. The maximum Gasteiger partial charge on any atom is 0.0442 e. The second kappa shape index (κ2) is 4.99. The lowest BCUT2D eigenvalue weighted by Gasteiger charge is -2.15. The predicted octanol–water partition coefficient (Wildman–Crippen LogP) is 2.35. The maximum atomic E-state index is 5.32. The topological polar surface area (TPSA) is 38.0 Å². The van der Waals surface area contributed by atoms with Gasteiger partial charge in [-0.25, -0.2) is 0 Å². The van der Waals surface area contributed by atoms with Gasteiger partial charge in [0.25, 0.3) is 0 Å². The first kappa shape index (κ1) is 11.2. The predicted molar refractivity (Wildman–Crippen MR) is 54.3 cm³/mol. The number of allylic oxidation sites excluding steroid dienone is 3. The second-order valence-electron chi connectivity index (χ2n) is 4.07. The summed E-state index contributed by atoms with van der Waals surface area (Å²) in [5.74, 6) is 5.32. The Morgan fingerprint density at radius 1 is 1.42 bits per heavy atom. The lowest BCUT2D eigenvalue weighted by Crippen LogP contribution is -2.20. The van der Waals surface area contributed by atoms with Crippen molar-refractivity contribution in [3.63, 3.8) is 0 Å². The van der Waals surface area contributed by atoms with E-state index in [1.54, 1.807) is 0 Å². The van der Waals surface area contributed by atoms with Crippen LogP contribution in [0.25, 0.3) is 0 Å². The van der Waals surface area contributed by atoms with Crippen molar-refractivity contribution in [2.45, 2.75) is 34.1 Å². The van der Waals surface area contributed by atoms with E-state index in [-0.39, 0.29) is 0 Å². The minimum Gasteiger partial charge on any atom is -0.324 e. The molecule has 0 aliphatic heterocycles. The van der Waals surface area contributed by atoms with Gasteiger partial charge < -0.3 is 5.43 Å². The van der Waals surface area contributed by atoms with E-state index in [4.69, 9.17) is 5.84 Å². The van der Waals surface area contributed by atoms with Crippen LogP contribution in [0.4, 0.5) is 0 Å². The molecule has 0 amide bonds. The van der Waals surface area contributed by atoms with Gasteiger partial charge in [-0.1, -0.05) is 32.9 Å². The molecule has 0 aromatic heterocycles. The summed E-state index contributed by atoms with van der Waals surface area (Å²) >= 11 is 0. The molecule has 2 heteroatoms. The fourth-order valence-electron chi connectivity index (χ4n) is 0.771. The van der Waals surface area contributed by atoms with Crippen LogP contribution in [0.3, 0.4) is 0 Å². The summed E-state index contributed by atoms with van der Waals surface area (Å²) in [4.78, 5) is 0. The fraction of sp³-hybridized carbons (Fsp3) is 0.600. The molecule has 0 aliphatic rings. The summed E-state index contributed by atoms with van der Waals surface area (Å²) in [5.41, 5.74) is 3.95. The van der Waals surface area contributed by atoms with Crippen LogP contribution in [0, 0.1) is 5.41 Å². The molecule has 0 aliphatic carbocycles. The van der Waals surface area contributed by atoms with E-state index >= 15 is 0 Å². The molecule has 0 saturated heterocycles. The molecule has 70 valence electrons. The minimum atomic E-state index is 0.323. The molecule has 0 atom stereocenters. The van der Waals surface area contributed by atoms with Gasteiger partial charge in [-0.2, -0.15) is 0 Å². The first-order valence-corrected chi connectivity index (χ1v) is 4.29. The molecule has 0 unspecified atom stereocenters. The molecule has 0 aromatic rings. The van der Waals surface area contributed by atoms with Crippen molar-refractivity contribution in [1.29, 1.82) is 0 Å². The average molecular weight is 168 g/mol. The normalized spacial score (nSPS) is 13.9. The van der Waals surface area contributed by atoms with Crippen LogP contribution >= 0.6 is 0 Å². The van der Waals surface area contributed by atoms with Crippen LogP contribution in [0.2, 0.25) is 0 Å². The Bertz CT molecular complexity index is 173. The Kier molecular flexibility index (Phi) is 4.67. The number of nitrogens with one attached hydrogen (secondary N) is 1. The van der Waals surface area contributed by atoms with E-state index in [2.05, 4.69) is 32.3 Å². The summed E-state index contributed by atoms with van der Waals surface area (Å²) in [6.45, 7) is 8.58. The van der Waals surface area contributed by atoms with Crippen LogP contribution in [0.5, 0.6) is 0 Å². The van der Waals surface area contributed by atoms with Crippen LogP contribution in [0.15, 0.2) is 23.9 Å². The summed E-state index contributed by atoms with van der Waals surface area (Å²) < 4.78 is 0. The van der Waals surface area contributed by atoms with Crippen LogP contribution in [-0.2, 0) is 0 Å². The molecule has 0 radical (unpaired) electrons. The van der Waals surface area contributed by atoms with Crippen molar-refractivity contribution in [2.24, 2.45) is 11.3 Å². The zero-order chi connectivity index (χ0) is 9.61. The van der Waals surface area contributed by atoms with Crippen molar-refractivity contribution in [1.82, 2.24) is 5.43 Å². The third-order valence-electron chi connectivity index (χ3n) is 1.45. The summed E-state index contributed by atoms with van der Waals surface area (Å²) in [5, 5.41) is 0. The molecular formula is C10H20N2. The van der Waals surface area contributed by atoms with Gasteiger partial charge in [-0.3, -0.25) is 5.84 Å². The van der Waals surface area contributed by atoms with E-state index in [9.17, 15) is 0 Å². The third-order valence-corrected chi connectivity index (χ3v) is 1.45. The second-order valence-corrected chi connectivity index (χ2v) is 4.07. The van der Waals surface area contributed by atoms with E-state index < -0.39 is 0 Å². The first-order chi connectivity index (χ1) is 5.49. The van der Waals surface area contributed by atoms with Crippen molar-refractivity contribution < 1.29 is 0 Å². The summed E-state index contributed by atoms with van der Waals surface area (Å²) in [7, 11) is 0. The van der Waals surface area contributed by atoms with Gasteiger partial charge in [0.05, 0.1) is 0 Å². The van der Waals surface area contributed by atoms with Crippen molar-refractivity contribution in [3.8, 4) is 0 Å². The monoisotopic (exact) mass is 168 g/mol. The minimum absolute atomic E-state index is 0.323. The largest absolute Gasteiger partial charge is 0.324 e. The Morgan fingerprint density at radius 3 is 2.33 bits per heavy atom. The number of hydrogen-bond acceptors (Lipinski definition) is 2. The molecule has 0 heterocycles. The summed E-state index contributed by atoms with van der Waals surface area (Å²) in [6.07, 6.45) is 7.07. The van der Waals surface area contributed by atoms with Gasteiger partial charge in [-0.15, -0.1) is 0 Å². The van der Waals surface area contributed by atoms with Gasteiger partial charge in [-0.05, 0) is 24.8 Å². The zero-order valence-electron chi connectivity index (χ0n) is 8.52. The molecule has 0 aromatic carbocycles. The zero-order valence-corrected chi connectivity index (χ0v) is 8.52. The lowest BCUT2D eigenvalue weighted by molar-refractivity contribution is 0.419. The van der Waals surface area contributed by atoms with Crippen LogP contribution < -0.4 is 11.3 Å². The number of nitrogens with two attached hydrogens (primary N) is 1. The van der Waals surface area contributed by atoms with Gasteiger partial charge in [0.15, 0.2) is 0 Å². The molecule has 2 nitrogen and oxygen atoms in total. The van der Waals surface area contributed by atoms with Gasteiger partial charge in [0.1, 0.15) is 0 Å². The number of hydrazine groups is 1. The van der Waals surface area contributed by atoms with Gasteiger partial charge in [0, 0.05) is 5.70 Å². The van der Waals surface area contributed by atoms with E-state index in [0.717, 1.165) is 12.1 Å². The summed E-state index contributed by atoms with van der Waals surface area (Å²) in [6, 6.07) is 0. The molecule has 0 spiro atoms.